The molecule has 0 spiro atoms. The summed E-state index contributed by atoms with van der Waals surface area (Å²) < 4.78 is 0. The van der Waals surface area contributed by atoms with Gasteiger partial charge in [0.2, 0.25) is 11.8 Å². The average Bonchev–Trinajstić information content (AvgIpc) is 2.72. The lowest BCUT2D eigenvalue weighted by Gasteiger charge is -2.24. The summed E-state index contributed by atoms with van der Waals surface area (Å²) in [7, 11) is 1.56. The molecule has 5 nitrogen and oxygen atoms in total. The molecule has 0 aromatic rings. The summed E-state index contributed by atoms with van der Waals surface area (Å²) in [5.74, 6) is -0.101. The number of carbonyl (C=O) groups excluding carboxylic acids is 2. The van der Waals surface area contributed by atoms with Crippen molar-refractivity contribution in [1.29, 1.82) is 0 Å². The zero-order chi connectivity index (χ0) is 14.5. The SMILES string of the molecule is CNC(=O)C(CC(C)C)NC(=O)CC1(O)CCCC1. The van der Waals surface area contributed by atoms with Crippen LogP contribution in [0, 0.1) is 5.92 Å². The zero-order valence-electron chi connectivity index (χ0n) is 12.2. The minimum atomic E-state index is -0.866. The van der Waals surface area contributed by atoms with Gasteiger partial charge in [0.05, 0.1) is 12.0 Å². The quantitative estimate of drug-likeness (QED) is 0.672. The molecular weight excluding hydrogens is 244 g/mol. The third kappa shape index (κ3) is 5.19. The second-order valence-electron chi connectivity index (χ2n) is 5.97. The number of aliphatic hydroxyl groups is 1. The maximum Gasteiger partial charge on any atom is 0.242 e. The van der Waals surface area contributed by atoms with E-state index in [9.17, 15) is 14.7 Å². The van der Waals surface area contributed by atoms with E-state index < -0.39 is 11.6 Å². The predicted molar refractivity (Wildman–Crippen MR) is 73.5 cm³/mol. The average molecular weight is 270 g/mol. The molecule has 1 aliphatic carbocycles. The standard InChI is InChI=1S/C14H26N2O3/c1-10(2)8-11(13(18)15-3)16-12(17)9-14(19)6-4-5-7-14/h10-11,19H,4-9H2,1-3H3,(H,15,18)(H,16,17). The second-order valence-corrected chi connectivity index (χ2v) is 5.97. The fourth-order valence-electron chi connectivity index (χ4n) is 2.63. The van der Waals surface area contributed by atoms with Crippen molar-refractivity contribution in [3.05, 3.63) is 0 Å². The molecule has 0 aromatic heterocycles. The number of rotatable bonds is 6. The predicted octanol–water partition coefficient (Wildman–Crippen LogP) is 0.958. The maximum absolute atomic E-state index is 12.0. The molecule has 1 unspecified atom stereocenters. The molecule has 0 saturated heterocycles. The Kier molecular flexibility index (Phi) is 5.79. The van der Waals surface area contributed by atoms with E-state index in [2.05, 4.69) is 10.6 Å². The van der Waals surface area contributed by atoms with Gasteiger partial charge in [-0.15, -0.1) is 0 Å². The van der Waals surface area contributed by atoms with Gasteiger partial charge in [-0.3, -0.25) is 9.59 Å². The third-order valence-electron chi connectivity index (χ3n) is 3.63. The van der Waals surface area contributed by atoms with E-state index in [0.29, 0.717) is 25.2 Å². The van der Waals surface area contributed by atoms with Crippen molar-refractivity contribution in [1.82, 2.24) is 10.6 Å². The first-order valence-electron chi connectivity index (χ1n) is 7.09. The first-order chi connectivity index (χ1) is 8.86. The first kappa shape index (κ1) is 16.0. The first-order valence-corrected chi connectivity index (χ1v) is 7.09. The highest BCUT2D eigenvalue weighted by Crippen LogP contribution is 2.32. The lowest BCUT2D eigenvalue weighted by Crippen LogP contribution is -2.48. The minimum Gasteiger partial charge on any atom is -0.389 e. The Morgan fingerprint density at radius 2 is 1.84 bits per heavy atom. The summed E-state index contributed by atoms with van der Waals surface area (Å²) in [5.41, 5.74) is -0.866. The van der Waals surface area contributed by atoms with E-state index in [1.165, 1.54) is 0 Å². The fourth-order valence-corrected chi connectivity index (χ4v) is 2.63. The number of likely N-dealkylation sites (N-methyl/N-ethyl adjacent to an activating group) is 1. The van der Waals surface area contributed by atoms with Gasteiger partial charge >= 0.3 is 0 Å². The molecule has 110 valence electrons. The van der Waals surface area contributed by atoms with Crippen LogP contribution < -0.4 is 10.6 Å². The van der Waals surface area contributed by atoms with Crippen LogP contribution in [0.25, 0.3) is 0 Å². The summed E-state index contributed by atoms with van der Waals surface area (Å²) >= 11 is 0. The second kappa shape index (κ2) is 6.89. The summed E-state index contributed by atoms with van der Waals surface area (Å²) in [4.78, 5) is 23.7. The van der Waals surface area contributed by atoms with E-state index in [1.54, 1.807) is 7.05 Å². The third-order valence-corrected chi connectivity index (χ3v) is 3.63. The molecule has 3 N–H and O–H groups in total. The molecule has 0 aromatic carbocycles. The smallest absolute Gasteiger partial charge is 0.242 e. The molecule has 1 atom stereocenters. The Labute approximate surface area is 115 Å². The summed E-state index contributed by atoms with van der Waals surface area (Å²) in [6, 6.07) is -0.512. The van der Waals surface area contributed by atoms with Crippen molar-refractivity contribution in [2.45, 2.75) is 64.0 Å². The lowest BCUT2D eigenvalue weighted by molar-refractivity contribution is -0.131. The van der Waals surface area contributed by atoms with Gasteiger partial charge in [-0.05, 0) is 25.2 Å². The van der Waals surface area contributed by atoms with E-state index >= 15 is 0 Å². The Morgan fingerprint density at radius 1 is 1.26 bits per heavy atom. The number of carbonyl (C=O) groups is 2. The number of hydrogen-bond acceptors (Lipinski definition) is 3. The van der Waals surface area contributed by atoms with E-state index in [-0.39, 0.29) is 18.2 Å². The summed E-state index contributed by atoms with van der Waals surface area (Å²) in [6.07, 6.45) is 3.98. The van der Waals surface area contributed by atoms with Crippen LogP contribution in [0.15, 0.2) is 0 Å². The monoisotopic (exact) mass is 270 g/mol. The van der Waals surface area contributed by atoms with E-state index in [0.717, 1.165) is 12.8 Å². The van der Waals surface area contributed by atoms with Gasteiger partial charge in [-0.1, -0.05) is 26.7 Å². The van der Waals surface area contributed by atoms with E-state index in [4.69, 9.17) is 0 Å². The van der Waals surface area contributed by atoms with E-state index in [1.807, 2.05) is 13.8 Å². The minimum absolute atomic E-state index is 0.0958. The van der Waals surface area contributed by atoms with Crippen LogP contribution in [-0.2, 0) is 9.59 Å². The van der Waals surface area contributed by atoms with Crippen LogP contribution >= 0.6 is 0 Å². The molecule has 5 heteroatoms. The molecule has 1 aliphatic rings. The van der Waals surface area contributed by atoms with Crippen LogP contribution in [0.3, 0.4) is 0 Å². The molecule has 0 bridgehead atoms. The highest BCUT2D eigenvalue weighted by molar-refractivity contribution is 5.87. The Balaban J connectivity index is 2.53. The molecule has 1 fully saturated rings. The number of amides is 2. The summed E-state index contributed by atoms with van der Waals surface area (Å²) in [5, 5.41) is 15.5. The van der Waals surface area contributed by atoms with Gasteiger partial charge in [0.1, 0.15) is 6.04 Å². The fraction of sp³-hybridized carbons (Fsp3) is 0.857. The van der Waals surface area contributed by atoms with Crippen LogP contribution in [0.4, 0.5) is 0 Å². The van der Waals surface area contributed by atoms with Gasteiger partial charge in [0.15, 0.2) is 0 Å². The van der Waals surface area contributed by atoms with Gasteiger partial charge < -0.3 is 15.7 Å². The van der Waals surface area contributed by atoms with Crippen molar-refractivity contribution >= 4 is 11.8 Å². The molecule has 1 saturated carbocycles. The van der Waals surface area contributed by atoms with Crippen molar-refractivity contribution in [2.24, 2.45) is 5.92 Å². The largest absolute Gasteiger partial charge is 0.389 e. The maximum atomic E-state index is 12.0. The highest BCUT2D eigenvalue weighted by Gasteiger charge is 2.34. The van der Waals surface area contributed by atoms with Gasteiger partial charge in [-0.2, -0.15) is 0 Å². The molecule has 1 rings (SSSR count). The lowest BCUT2D eigenvalue weighted by atomic mass is 9.96. The van der Waals surface area contributed by atoms with Crippen LogP contribution in [0.5, 0.6) is 0 Å². The Morgan fingerprint density at radius 3 is 2.32 bits per heavy atom. The van der Waals surface area contributed by atoms with Crippen LogP contribution in [-0.4, -0.2) is 35.6 Å². The van der Waals surface area contributed by atoms with Crippen molar-refractivity contribution in [3.63, 3.8) is 0 Å². The van der Waals surface area contributed by atoms with Crippen molar-refractivity contribution in [2.75, 3.05) is 7.05 Å². The molecule has 0 radical (unpaired) electrons. The van der Waals surface area contributed by atoms with Gasteiger partial charge in [-0.25, -0.2) is 0 Å². The highest BCUT2D eigenvalue weighted by atomic mass is 16.3. The normalized spacial score (nSPS) is 19.2. The van der Waals surface area contributed by atoms with Crippen molar-refractivity contribution < 1.29 is 14.7 Å². The van der Waals surface area contributed by atoms with Crippen molar-refractivity contribution in [3.8, 4) is 0 Å². The Bertz CT molecular complexity index is 323. The molecule has 2 amide bonds. The van der Waals surface area contributed by atoms with Crippen LogP contribution in [0.1, 0.15) is 52.4 Å². The molecule has 19 heavy (non-hydrogen) atoms. The van der Waals surface area contributed by atoms with Crippen LogP contribution in [0.2, 0.25) is 0 Å². The zero-order valence-corrected chi connectivity index (χ0v) is 12.2. The molecule has 0 aliphatic heterocycles. The van der Waals surface area contributed by atoms with Gasteiger partial charge in [0, 0.05) is 7.05 Å². The number of nitrogens with one attached hydrogen (secondary N) is 2. The topological polar surface area (TPSA) is 78.4 Å². The Hall–Kier alpha value is -1.10. The molecular formula is C14H26N2O3. The summed E-state index contributed by atoms with van der Waals surface area (Å²) in [6.45, 7) is 4.01. The molecule has 0 heterocycles. The number of hydrogen-bond donors (Lipinski definition) is 3. The van der Waals surface area contributed by atoms with Gasteiger partial charge in [0.25, 0.3) is 0 Å².